The van der Waals surface area contributed by atoms with E-state index in [1.807, 2.05) is 11.4 Å². The molecule has 90 valence electrons. The fraction of sp³-hybridized carbons (Fsp3) is 0.417. The summed E-state index contributed by atoms with van der Waals surface area (Å²) in [4.78, 5) is 5.28. The van der Waals surface area contributed by atoms with Gasteiger partial charge in [0.1, 0.15) is 16.3 Å². The summed E-state index contributed by atoms with van der Waals surface area (Å²) in [7, 11) is 1.67. The van der Waals surface area contributed by atoms with Crippen molar-refractivity contribution in [2.45, 2.75) is 25.4 Å². The molecule has 1 aliphatic carbocycles. The highest BCUT2D eigenvalue weighted by Gasteiger charge is 2.22. The fourth-order valence-corrected chi connectivity index (χ4v) is 2.60. The Balaban J connectivity index is 1.83. The molecule has 2 heterocycles. The van der Waals surface area contributed by atoms with Crippen LogP contribution < -0.4 is 10.1 Å². The minimum absolute atomic E-state index is 0.671. The van der Waals surface area contributed by atoms with Gasteiger partial charge in [0.15, 0.2) is 12.2 Å². The van der Waals surface area contributed by atoms with Crippen LogP contribution in [0.25, 0.3) is 10.6 Å². The SMILES string of the molecule is COc1ccsc1-c1ocnc1CNC1CC1. The van der Waals surface area contributed by atoms with Gasteiger partial charge in [0.05, 0.1) is 7.11 Å². The monoisotopic (exact) mass is 250 g/mol. The predicted octanol–water partition coefficient (Wildman–Crippen LogP) is 2.66. The zero-order valence-corrected chi connectivity index (χ0v) is 10.4. The summed E-state index contributed by atoms with van der Waals surface area (Å²) in [6, 6.07) is 2.62. The van der Waals surface area contributed by atoms with E-state index in [-0.39, 0.29) is 0 Å². The minimum atomic E-state index is 0.671. The van der Waals surface area contributed by atoms with Crippen molar-refractivity contribution in [3.63, 3.8) is 0 Å². The normalized spacial score (nSPS) is 15.1. The second-order valence-corrected chi connectivity index (χ2v) is 5.02. The average Bonchev–Trinajstić information content (AvgIpc) is 2.89. The molecule has 3 rings (SSSR count). The van der Waals surface area contributed by atoms with E-state index in [4.69, 9.17) is 9.15 Å². The molecule has 2 aromatic rings. The van der Waals surface area contributed by atoms with E-state index in [9.17, 15) is 0 Å². The number of hydrogen-bond donors (Lipinski definition) is 1. The minimum Gasteiger partial charge on any atom is -0.495 e. The Morgan fingerprint density at radius 2 is 2.47 bits per heavy atom. The molecule has 0 aromatic carbocycles. The first-order valence-corrected chi connectivity index (χ1v) is 6.54. The van der Waals surface area contributed by atoms with E-state index >= 15 is 0 Å². The number of hydrogen-bond acceptors (Lipinski definition) is 5. The van der Waals surface area contributed by atoms with E-state index in [0.717, 1.165) is 28.6 Å². The Morgan fingerprint density at radius 3 is 3.24 bits per heavy atom. The summed E-state index contributed by atoms with van der Waals surface area (Å²) in [6.07, 6.45) is 4.05. The molecule has 0 amide bonds. The predicted molar refractivity (Wildman–Crippen MR) is 66.2 cm³/mol. The van der Waals surface area contributed by atoms with E-state index in [1.165, 1.54) is 19.2 Å². The molecule has 0 spiro atoms. The summed E-state index contributed by atoms with van der Waals surface area (Å²) < 4.78 is 10.8. The Bertz CT molecular complexity index is 502. The number of rotatable bonds is 5. The van der Waals surface area contributed by atoms with Gasteiger partial charge in [-0.2, -0.15) is 0 Å². The molecule has 1 saturated carbocycles. The summed E-state index contributed by atoms with van der Waals surface area (Å²) in [5.41, 5.74) is 0.956. The zero-order chi connectivity index (χ0) is 11.7. The summed E-state index contributed by atoms with van der Waals surface area (Å²) in [6.45, 7) is 0.761. The number of ether oxygens (including phenoxy) is 1. The Kier molecular flexibility index (Phi) is 2.86. The molecule has 0 radical (unpaired) electrons. The third-order valence-electron chi connectivity index (χ3n) is 2.83. The Labute approximate surface area is 104 Å². The molecular weight excluding hydrogens is 236 g/mol. The smallest absolute Gasteiger partial charge is 0.181 e. The van der Waals surface area contributed by atoms with Crippen molar-refractivity contribution >= 4 is 11.3 Å². The van der Waals surface area contributed by atoms with Crippen molar-refractivity contribution in [1.29, 1.82) is 0 Å². The average molecular weight is 250 g/mol. The van der Waals surface area contributed by atoms with Gasteiger partial charge >= 0.3 is 0 Å². The first-order chi connectivity index (χ1) is 8.38. The molecular formula is C12H14N2O2S. The van der Waals surface area contributed by atoms with Gasteiger partial charge in [0.2, 0.25) is 0 Å². The maximum Gasteiger partial charge on any atom is 0.181 e. The molecule has 4 nitrogen and oxygen atoms in total. The first kappa shape index (κ1) is 10.8. The van der Waals surface area contributed by atoms with Crippen molar-refractivity contribution < 1.29 is 9.15 Å². The van der Waals surface area contributed by atoms with Gasteiger partial charge in [0, 0.05) is 12.6 Å². The maximum absolute atomic E-state index is 5.48. The second-order valence-electron chi connectivity index (χ2n) is 4.10. The number of nitrogens with zero attached hydrogens (tertiary/aromatic N) is 1. The van der Waals surface area contributed by atoms with Crippen LogP contribution in [0.5, 0.6) is 5.75 Å². The van der Waals surface area contributed by atoms with Crippen LogP contribution in [-0.4, -0.2) is 18.1 Å². The zero-order valence-electron chi connectivity index (χ0n) is 9.60. The molecule has 2 aromatic heterocycles. The van der Waals surface area contributed by atoms with Crippen LogP contribution in [0.15, 0.2) is 22.3 Å². The number of nitrogens with one attached hydrogen (secondary N) is 1. The highest BCUT2D eigenvalue weighted by atomic mass is 32.1. The van der Waals surface area contributed by atoms with Gasteiger partial charge in [-0.15, -0.1) is 11.3 Å². The van der Waals surface area contributed by atoms with Crippen molar-refractivity contribution in [3.05, 3.63) is 23.5 Å². The van der Waals surface area contributed by atoms with Crippen LogP contribution in [0.4, 0.5) is 0 Å². The third-order valence-corrected chi connectivity index (χ3v) is 3.73. The van der Waals surface area contributed by atoms with Gasteiger partial charge in [-0.05, 0) is 24.3 Å². The molecule has 0 atom stereocenters. The van der Waals surface area contributed by atoms with Gasteiger partial charge in [-0.25, -0.2) is 4.98 Å². The Hall–Kier alpha value is -1.33. The number of oxazole rings is 1. The summed E-state index contributed by atoms with van der Waals surface area (Å²) in [5.74, 6) is 1.67. The van der Waals surface area contributed by atoms with Crippen LogP contribution in [0.1, 0.15) is 18.5 Å². The quantitative estimate of drug-likeness (QED) is 0.886. The molecule has 17 heavy (non-hydrogen) atoms. The summed E-state index contributed by atoms with van der Waals surface area (Å²) >= 11 is 1.61. The fourth-order valence-electron chi connectivity index (χ4n) is 1.73. The molecule has 1 aliphatic rings. The molecule has 1 N–H and O–H groups in total. The van der Waals surface area contributed by atoms with Crippen molar-refractivity contribution in [1.82, 2.24) is 10.3 Å². The van der Waals surface area contributed by atoms with Crippen LogP contribution in [0, 0.1) is 0 Å². The van der Waals surface area contributed by atoms with Gasteiger partial charge in [-0.3, -0.25) is 0 Å². The lowest BCUT2D eigenvalue weighted by Crippen LogP contribution is -2.15. The topological polar surface area (TPSA) is 47.3 Å². The lowest BCUT2D eigenvalue weighted by molar-refractivity contribution is 0.416. The molecule has 0 saturated heterocycles. The van der Waals surface area contributed by atoms with E-state index in [1.54, 1.807) is 18.4 Å². The lowest BCUT2D eigenvalue weighted by atomic mass is 10.2. The van der Waals surface area contributed by atoms with Crippen molar-refractivity contribution in [2.24, 2.45) is 0 Å². The van der Waals surface area contributed by atoms with Crippen LogP contribution in [0.3, 0.4) is 0 Å². The molecule has 0 bridgehead atoms. The molecule has 0 aliphatic heterocycles. The molecule has 5 heteroatoms. The maximum atomic E-state index is 5.48. The highest BCUT2D eigenvalue weighted by Crippen LogP contribution is 2.37. The standard InChI is InChI=1S/C12H14N2O2S/c1-15-10-4-5-17-12(10)11-9(14-7-16-11)6-13-8-2-3-8/h4-5,7-8,13H,2-3,6H2,1H3. The van der Waals surface area contributed by atoms with E-state index in [2.05, 4.69) is 10.3 Å². The van der Waals surface area contributed by atoms with Crippen molar-refractivity contribution in [2.75, 3.05) is 7.11 Å². The van der Waals surface area contributed by atoms with Crippen LogP contribution in [-0.2, 0) is 6.54 Å². The van der Waals surface area contributed by atoms with Crippen molar-refractivity contribution in [3.8, 4) is 16.4 Å². The van der Waals surface area contributed by atoms with Gasteiger partial charge in [0.25, 0.3) is 0 Å². The van der Waals surface area contributed by atoms with Crippen LogP contribution in [0.2, 0.25) is 0 Å². The van der Waals surface area contributed by atoms with Gasteiger partial charge in [-0.1, -0.05) is 0 Å². The van der Waals surface area contributed by atoms with E-state index < -0.39 is 0 Å². The second kappa shape index (κ2) is 4.50. The molecule has 0 unspecified atom stereocenters. The number of methoxy groups -OCH3 is 1. The largest absolute Gasteiger partial charge is 0.495 e. The Morgan fingerprint density at radius 1 is 1.59 bits per heavy atom. The highest BCUT2D eigenvalue weighted by molar-refractivity contribution is 7.14. The third kappa shape index (κ3) is 2.21. The number of thiophene rings is 1. The first-order valence-electron chi connectivity index (χ1n) is 5.66. The van der Waals surface area contributed by atoms with E-state index in [0.29, 0.717) is 6.04 Å². The lowest BCUT2D eigenvalue weighted by Gasteiger charge is -2.03. The van der Waals surface area contributed by atoms with Gasteiger partial charge < -0.3 is 14.5 Å². The number of aromatic nitrogens is 1. The van der Waals surface area contributed by atoms with Crippen LogP contribution >= 0.6 is 11.3 Å². The summed E-state index contributed by atoms with van der Waals surface area (Å²) in [5, 5.41) is 5.43. The molecule has 1 fully saturated rings.